The zero-order valence-electron chi connectivity index (χ0n) is 26.6. The van der Waals surface area contributed by atoms with Crippen LogP contribution in [0.1, 0.15) is 93.2 Å². The SMILES string of the molecule is COc1ccc(CC2CCC2)cc1C1=C(CN2C(=O)O[C@H](c3cc(C(F)(F)F)cc(C(F)(F)F)c3)[C@@H]2C)CC(C)(C)CC1.O=C(O)O. The fourth-order valence-electron chi connectivity index (χ4n) is 6.55. The van der Waals surface area contributed by atoms with Crippen molar-refractivity contribution in [3.63, 3.8) is 0 Å². The Morgan fingerprint density at radius 1 is 1.02 bits per heavy atom. The molecule has 1 aliphatic heterocycles. The highest BCUT2D eigenvalue weighted by Crippen LogP contribution is 2.47. The van der Waals surface area contributed by atoms with Gasteiger partial charge in [0.05, 0.1) is 24.3 Å². The van der Waals surface area contributed by atoms with Gasteiger partial charge in [-0.1, -0.05) is 39.2 Å². The fraction of sp³-hybridized carbons (Fsp3) is 0.529. The van der Waals surface area contributed by atoms with Gasteiger partial charge in [0.1, 0.15) is 11.9 Å². The number of carbonyl (C=O) groups is 2. The highest BCUT2D eigenvalue weighted by Gasteiger charge is 2.44. The molecule has 2 aromatic rings. The molecule has 0 aromatic heterocycles. The number of hydrogen-bond donors (Lipinski definition) is 2. The molecule has 13 heteroatoms. The molecule has 2 N–H and O–H groups in total. The summed E-state index contributed by atoms with van der Waals surface area (Å²) in [7, 11) is 1.62. The normalized spacial score (nSPS) is 21.5. The first-order valence-electron chi connectivity index (χ1n) is 15.4. The molecule has 47 heavy (non-hydrogen) atoms. The zero-order valence-corrected chi connectivity index (χ0v) is 26.6. The third kappa shape index (κ3) is 8.72. The van der Waals surface area contributed by atoms with E-state index < -0.39 is 47.9 Å². The lowest BCUT2D eigenvalue weighted by atomic mass is 9.72. The number of alkyl halides is 6. The van der Waals surface area contributed by atoms with E-state index in [4.69, 9.17) is 24.5 Å². The van der Waals surface area contributed by atoms with Gasteiger partial charge in [0.15, 0.2) is 0 Å². The molecule has 1 saturated heterocycles. The van der Waals surface area contributed by atoms with Crippen LogP contribution in [0.15, 0.2) is 42.0 Å². The lowest BCUT2D eigenvalue weighted by molar-refractivity contribution is -0.143. The number of cyclic esters (lactones) is 1. The molecular weight excluding hydrogens is 632 g/mol. The summed E-state index contributed by atoms with van der Waals surface area (Å²) in [5.41, 5.74) is 0.955. The Hall–Kier alpha value is -3.90. The molecule has 0 spiro atoms. The number of ether oxygens (including phenoxy) is 2. The predicted octanol–water partition coefficient (Wildman–Crippen LogP) is 9.84. The number of amides is 1. The lowest BCUT2D eigenvalue weighted by Gasteiger charge is -2.36. The van der Waals surface area contributed by atoms with Crippen LogP contribution < -0.4 is 4.74 Å². The van der Waals surface area contributed by atoms with E-state index >= 15 is 0 Å². The van der Waals surface area contributed by atoms with Gasteiger partial charge in [0, 0.05) is 12.1 Å². The molecule has 3 aliphatic rings. The number of hydrogen-bond acceptors (Lipinski definition) is 4. The summed E-state index contributed by atoms with van der Waals surface area (Å²) in [6.07, 6.45) is -6.90. The second kappa shape index (κ2) is 13.7. The van der Waals surface area contributed by atoms with E-state index in [-0.39, 0.29) is 23.6 Å². The fourth-order valence-corrected chi connectivity index (χ4v) is 6.55. The number of benzene rings is 2. The van der Waals surface area contributed by atoms with Crippen molar-refractivity contribution in [1.82, 2.24) is 4.90 Å². The van der Waals surface area contributed by atoms with Gasteiger partial charge in [-0.15, -0.1) is 0 Å². The molecule has 2 aliphatic carbocycles. The third-order valence-electron chi connectivity index (χ3n) is 9.20. The van der Waals surface area contributed by atoms with Crippen LogP contribution in [0.25, 0.3) is 5.57 Å². The second-order valence-electron chi connectivity index (χ2n) is 13.3. The Kier molecular flexibility index (Phi) is 10.5. The summed E-state index contributed by atoms with van der Waals surface area (Å²) in [6, 6.07) is 6.78. The summed E-state index contributed by atoms with van der Waals surface area (Å²) < 4.78 is 92.5. The van der Waals surface area contributed by atoms with E-state index in [0.717, 1.165) is 41.7 Å². The summed E-state index contributed by atoms with van der Waals surface area (Å²) in [5.74, 6) is 1.40. The Bertz CT molecular complexity index is 1480. The smallest absolute Gasteiger partial charge is 0.496 e. The number of methoxy groups -OCH3 is 1. The van der Waals surface area contributed by atoms with Crippen molar-refractivity contribution in [2.45, 2.75) is 90.2 Å². The average molecular weight is 672 g/mol. The molecule has 1 amide bonds. The number of carboxylic acid groups (broad SMARTS) is 2. The molecule has 1 saturated carbocycles. The van der Waals surface area contributed by atoms with Crippen LogP contribution in [-0.2, 0) is 23.5 Å². The number of rotatable bonds is 7. The quantitative estimate of drug-likeness (QED) is 0.285. The van der Waals surface area contributed by atoms with Crippen molar-refractivity contribution in [3.8, 4) is 5.75 Å². The van der Waals surface area contributed by atoms with Crippen LogP contribution in [0.3, 0.4) is 0 Å². The van der Waals surface area contributed by atoms with Crippen molar-refractivity contribution in [2.75, 3.05) is 13.7 Å². The first-order valence-corrected chi connectivity index (χ1v) is 15.4. The monoisotopic (exact) mass is 671 g/mol. The standard InChI is InChI=1S/C33H37F6NO3.CH2O3/c1-19-29(22-14-24(32(34,35)36)16-25(15-22)33(37,38)39)43-30(41)40(19)18-23-17-31(2,3)11-10-26(23)27-13-21(8-9-28(27)42-4)12-20-6-5-7-20;2-1(3)4/h8-9,13-16,19-20,29H,5-7,10-12,17-18H2,1-4H3;(H2,2,3,4)/t19-,29-;/m0./s1. The number of halogens is 6. The summed E-state index contributed by atoms with van der Waals surface area (Å²) in [6.45, 7) is 6.03. The minimum atomic E-state index is -5.00. The molecule has 2 aromatic carbocycles. The summed E-state index contributed by atoms with van der Waals surface area (Å²) in [4.78, 5) is 23.1. The van der Waals surface area contributed by atoms with Gasteiger partial charge in [-0.25, -0.2) is 9.59 Å². The van der Waals surface area contributed by atoms with Crippen LogP contribution in [0, 0.1) is 11.3 Å². The Balaban J connectivity index is 0.00000118. The molecule has 2 fully saturated rings. The maximum Gasteiger partial charge on any atom is 0.503 e. The molecular formula is C34H39F6NO6. The molecule has 258 valence electrons. The highest BCUT2D eigenvalue weighted by atomic mass is 19.4. The van der Waals surface area contributed by atoms with Gasteiger partial charge in [-0.2, -0.15) is 26.3 Å². The Labute approximate surface area is 269 Å². The minimum absolute atomic E-state index is 0.0650. The molecule has 7 nitrogen and oxygen atoms in total. The Morgan fingerprint density at radius 3 is 2.13 bits per heavy atom. The van der Waals surface area contributed by atoms with Crippen LogP contribution in [-0.4, -0.2) is 47.1 Å². The number of nitrogens with zero attached hydrogens (tertiary/aromatic N) is 1. The van der Waals surface area contributed by atoms with Crippen molar-refractivity contribution in [1.29, 1.82) is 0 Å². The van der Waals surface area contributed by atoms with Crippen LogP contribution in [0.4, 0.5) is 35.9 Å². The summed E-state index contributed by atoms with van der Waals surface area (Å²) in [5, 5.41) is 13.9. The Morgan fingerprint density at radius 2 is 1.62 bits per heavy atom. The number of allylic oxidation sites excluding steroid dienone is 1. The lowest BCUT2D eigenvalue weighted by Crippen LogP contribution is -2.35. The van der Waals surface area contributed by atoms with Gasteiger partial charge in [0.2, 0.25) is 0 Å². The molecule has 5 rings (SSSR count). The topological polar surface area (TPSA) is 96.3 Å². The molecule has 2 atom stereocenters. The summed E-state index contributed by atoms with van der Waals surface area (Å²) >= 11 is 0. The van der Waals surface area contributed by atoms with E-state index in [2.05, 4.69) is 26.0 Å². The third-order valence-corrected chi connectivity index (χ3v) is 9.20. The van der Waals surface area contributed by atoms with E-state index in [0.29, 0.717) is 24.5 Å². The maximum atomic E-state index is 13.5. The van der Waals surface area contributed by atoms with Crippen molar-refractivity contribution >= 4 is 17.8 Å². The first-order chi connectivity index (χ1) is 21.8. The van der Waals surface area contributed by atoms with Crippen molar-refractivity contribution in [2.24, 2.45) is 11.3 Å². The van der Waals surface area contributed by atoms with E-state index in [1.807, 2.05) is 6.07 Å². The van der Waals surface area contributed by atoms with E-state index in [9.17, 15) is 31.1 Å². The predicted molar refractivity (Wildman–Crippen MR) is 161 cm³/mol. The van der Waals surface area contributed by atoms with Gasteiger partial charge in [-0.05, 0) is 96.5 Å². The highest BCUT2D eigenvalue weighted by molar-refractivity contribution is 5.77. The van der Waals surface area contributed by atoms with Gasteiger partial charge in [0.25, 0.3) is 0 Å². The van der Waals surface area contributed by atoms with Crippen LogP contribution >= 0.6 is 0 Å². The van der Waals surface area contributed by atoms with Crippen molar-refractivity contribution in [3.05, 3.63) is 69.8 Å². The molecule has 0 unspecified atom stereocenters. The van der Waals surface area contributed by atoms with E-state index in [1.54, 1.807) is 14.0 Å². The van der Waals surface area contributed by atoms with Gasteiger partial charge in [-0.3, -0.25) is 4.90 Å². The van der Waals surface area contributed by atoms with Crippen molar-refractivity contribution < 1.29 is 55.6 Å². The zero-order chi connectivity index (χ0) is 34.9. The maximum absolute atomic E-state index is 13.5. The average Bonchev–Trinajstić information content (AvgIpc) is 3.21. The number of carbonyl (C=O) groups excluding carboxylic acids is 1. The molecule has 0 bridgehead atoms. The largest absolute Gasteiger partial charge is 0.503 e. The first kappa shape index (κ1) is 35.9. The van der Waals surface area contributed by atoms with Crippen LogP contribution in [0.5, 0.6) is 5.75 Å². The van der Waals surface area contributed by atoms with Crippen LogP contribution in [0.2, 0.25) is 0 Å². The second-order valence-corrected chi connectivity index (χ2v) is 13.3. The van der Waals surface area contributed by atoms with E-state index in [1.165, 1.54) is 29.7 Å². The minimum Gasteiger partial charge on any atom is -0.496 e. The molecule has 0 radical (unpaired) electrons. The molecule has 1 heterocycles. The van der Waals surface area contributed by atoms with Gasteiger partial charge >= 0.3 is 24.6 Å². The van der Waals surface area contributed by atoms with Gasteiger partial charge < -0.3 is 19.7 Å².